The Balaban J connectivity index is 1.88. The highest BCUT2D eigenvalue weighted by atomic mass is 79.9. The molecule has 4 heteroatoms. The molecule has 0 fully saturated rings. The molecule has 2 aromatic rings. The highest BCUT2D eigenvalue weighted by molar-refractivity contribution is 9.10. The van der Waals surface area contributed by atoms with Crippen molar-refractivity contribution in [3.63, 3.8) is 0 Å². The van der Waals surface area contributed by atoms with Crippen molar-refractivity contribution in [3.05, 3.63) is 57.6 Å². The van der Waals surface area contributed by atoms with Crippen LogP contribution in [0.3, 0.4) is 0 Å². The molecule has 2 aromatic carbocycles. The standard InChI is InChI=1S/C21H26BrNO2/c1-4-5-16-12-15-13-17(24-2)7-8-18(15)20(23-16)11-14-6-9-21(25-3)19(22)10-14/h6-10,13,16,20,23H,4-5,11-12H2,1-3H3. The first-order valence-corrected chi connectivity index (χ1v) is 9.69. The van der Waals surface area contributed by atoms with Crippen LogP contribution < -0.4 is 14.8 Å². The van der Waals surface area contributed by atoms with Crippen LogP contribution in [0.25, 0.3) is 0 Å². The van der Waals surface area contributed by atoms with E-state index in [1.54, 1.807) is 14.2 Å². The van der Waals surface area contributed by atoms with Crippen LogP contribution in [0.1, 0.15) is 42.5 Å². The van der Waals surface area contributed by atoms with Crippen molar-refractivity contribution >= 4 is 15.9 Å². The molecule has 0 aromatic heterocycles. The van der Waals surface area contributed by atoms with Crippen LogP contribution in [0, 0.1) is 0 Å². The lowest BCUT2D eigenvalue weighted by Gasteiger charge is -2.34. The molecule has 1 aliphatic heterocycles. The molecule has 3 rings (SSSR count). The third-order valence-corrected chi connectivity index (χ3v) is 5.54. The van der Waals surface area contributed by atoms with Gasteiger partial charge in [0.05, 0.1) is 18.7 Å². The van der Waals surface area contributed by atoms with E-state index >= 15 is 0 Å². The van der Waals surface area contributed by atoms with Gasteiger partial charge < -0.3 is 14.8 Å². The predicted octanol–water partition coefficient (Wildman–Crippen LogP) is 5.06. The number of benzene rings is 2. The highest BCUT2D eigenvalue weighted by Crippen LogP contribution is 2.33. The first-order valence-electron chi connectivity index (χ1n) is 8.89. The smallest absolute Gasteiger partial charge is 0.133 e. The van der Waals surface area contributed by atoms with E-state index < -0.39 is 0 Å². The van der Waals surface area contributed by atoms with Gasteiger partial charge in [-0.25, -0.2) is 0 Å². The first-order chi connectivity index (χ1) is 12.1. The van der Waals surface area contributed by atoms with Crippen molar-refractivity contribution in [2.24, 2.45) is 0 Å². The summed E-state index contributed by atoms with van der Waals surface area (Å²) in [6, 6.07) is 13.7. The lowest BCUT2D eigenvalue weighted by atomic mass is 9.86. The van der Waals surface area contributed by atoms with Crippen molar-refractivity contribution in [2.75, 3.05) is 14.2 Å². The van der Waals surface area contributed by atoms with Gasteiger partial charge in [-0.05, 0) is 76.1 Å². The summed E-state index contributed by atoms with van der Waals surface area (Å²) in [4.78, 5) is 0. The summed E-state index contributed by atoms with van der Waals surface area (Å²) < 4.78 is 11.8. The van der Waals surface area contributed by atoms with E-state index in [1.165, 1.54) is 29.5 Å². The van der Waals surface area contributed by atoms with Gasteiger partial charge in [0.2, 0.25) is 0 Å². The van der Waals surface area contributed by atoms with Crippen LogP contribution in [0.4, 0.5) is 0 Å². The number of hydrogen-bond donors (Lipinski definition) is 1. The summed E-state index contributed by atoms with van der Waals surface area (Å²) >= 11 is 3.60. The van der Waals surface area contributed by atoms with Crippen LogP contribution >= 0.6 is 15.9 Å². The molecule has 1 N–H and O–H groups in total. The van der Waals surface area contributed by atoms with Gasteiger partial charge in [0, 0.05) is 12.1 Å². The Labute approximate surface area is 158 Å². The Morgan fingerprint density at radius 2 is 1.96 bits per heavy atom. The Morgan fingerprint density at radius 1 is 1.12 bits per heavy atom. The van der Waals surface area contributed by atoms with E-state index in [4.69, 9.17) is 9.47 Å². The van der Waals surface area contributed by atoms with Crippen LogP contribution in [-0.4, -0.2) is 20.3 Å². The predicted molar refractivity (Wildman–Crippen MR) is 106 cm³/mol. The van der Waals surface area contributed by atoms with Gasteiger partial charge in [0.15, 0.2) is 0 Å². The molecule has 1 aliphatic rings. The summed E-state index contributed by atoms with van der Waals surface area (Å²) in [6.45, 7) is 2.25. The minimum absolute atomic E-state index is 0.325. The zero-order chi connectivity index (χ0) is 17.8. The number of rotatable bonds is 6. The molecule has 0 saturated heterocycles. The SMILES string of the molecule is CCCC1Cc2cc(OC)ccc2C(Cc2ccc(OC)c(Br)c2)N1. The monoisotopic (exact) mass is 403 g/mol. The van der Waals surface area contributed by atoms with E-state index in [1.807, 2.05) is 6.07 Å². The van der Waals surface area contributed by atoms with Gasteiger partial charge >= 0.3 is 0 Å². The molecule has 0 aliphatic carbocycles. The minimum Gasteiger partial charge on any atom is -0.497 e. The van der Waals surface area contributed by atoms with E-state index in [-0.39, 0.29) is 0 Å². The van der Waals surface area contributed by atoms with Gasteiger partial charge in [-0.3, -0.25) is 0 Å². The molecule has 0 amide bonds. The van der Waals surface area contributed by atoms with Crippen molar-refractivity contribution in [1.29, 1.82) is 0 Å². The van der Waals surface area contributed by atoms with Crippen molar-refractivity contribution in [1.82, 2.24) is 5.32 Å². The molecular weight excluding hydrogens is 378 g/mol. The molecule has 0 saturated carbocycles. The summed E-state index contributed by atoms with van der Waals surface area (Å²) in [7, 11) is 3.43. The molecule has 0 spiro atoms. The van der Waals surface area contributed by atoms with Crippen molar-refractivity contribution < 1.29 is 9.47 Å². The normalized spacial score (nSPS) is 19.4. The summed E-state index contributed by atoms with van der Waals surface area (Å²) in [5.41, 5.74) is 4.10. The van der Waals surface area contributed by atoms with E-state index in [9.17, 15) is 0 Å². The number of hydrogen-bond acceptors (Lipinski definition) is 3. The summed E-state index contributed by atoms with van der Waals surface area (Å²) in [6.07, 6.45) is 4.42. The minimum atomic E-state index is 0.325. The maximum atomic E-state index is 5.43. The van der Waals surface area contributed by atoms with Crippen LogP contribution in [0.5, 0.6) is 11.5 Å². The van der Waals surface area contributed by atoms with E-state index in [0.717, 1.165) is 28.8 Å². The second-order valence-electron chi connectivity index (χ2n) is 6.65. The fraction of sp³-hybridized carbons (Fsp3) is 0.429. The first kappa shape index (κ1) is 18.3. The Hall–Kier alpha value is -1.52. The average Bonchev–Trinajstić information content (AvgIpc) is 2.61. The molecule has 0 radical (unpaired) electrons. The molecule has 1 heterocycles. The number of ether oxygens (including phenoxy) is 2. The molecule has 25 heavy (non-hydrogen) atoms. The van der Waals surface area contributed by atoms with Crippen LogP contribution in [0.15, 0.2) is 40.9 Å². The lowest BCUT2D eigenvalue weighted by Crippen LogP contribution is -2.40. The zero-order valence-electron chi connectivity index (χ0n) is 15.1. The number of methoxy groups -OCH3 is 2. The van der Waals surface area contributed by atoms with Gasteiger partial charge in [-0.1, -0.05) is 25.5 Å². The lowest BCUT2D eigenvalue weighted by molar-refractivity contribution is 0.375. The van der Waals surface area contributed by atoms with Gasteiger partial charge in [0.25, 0.3) is 0 Å². The molecule has 2 atom stereocenters. The Morgan fingerprint density at radius 3 is 2.64 bits per heavy atom. The molecular formula is C21H26BrNO2. The zero-order valence-corrected chi connectivity index (χ0v) is 16.7. The second kappa shape index (κ2) is 8.24. The second-order valence-corrected chi connectivity index (χ2v) is 7.50. The summed E-state index contributed by atoms with van der Waals surface area (Å²) in [5, 5.41) is 3.86. The number of fused-ring (bicyclic) bond motifs is 1. The fourth-order valence-electron chi connectivity index (χ4n) is 3.70. The van der Waals surface area contributed by atoms with Crippen molar-refractivity contribution in [3.8, 4) is 11.5 Å². The molecule has 3 nitrogen and oxygen atoms in total. The third kappa shape index (κ3) is 4.18. The largest absolute Gasteiger partial charge is 0.497 e. The van der Waals surface area contributed by atoms with Gasteiger partial charge in [0.1, 0.15) is 11.5 Å². The number of nitrogens with one attached hydrogen (secondary N) is 1. The Bertz CT molecular complexity index is 732. The maximum Gasteiger partial charge on any atom is 0.133 e. The quantitative estimate of drug-likeness (QED) is 0.730. The van der Waals surface area contributed by atoms with Gasteiger partial charge in [-0.2, -0.15) is 0 Å². The molecule has 2 unspecified atom stereocenters. The third-order valence-electron chi connectivity index (χ3n) is 4.92. The molecule has 0 bridgehead atoms. The average molecular weight is 404 g/mol. The highest BCUT2D eigenvalue weighted by Gasteiger charge is 2.26. The number of halogens is 1. The molecule has 134 valence electrons. The van der Waals surface area contributed by atoms with Crippen molar-refractivity contribution in [2.45, 2.75) is 44.7 Å². The fourth-order valence-corrected chi connectivity index (χ4v) is 4.29. The van der Waals surface area contributed by atoms with E-state index in [2.05, 4.69) is 58.5 Å². The van der Waals surface area contributed by atoms with Crippen LogP contribution in [0.2, 0.25) is 0 Å². The topological polar surface area (TPSA) is 30.5 Å². The Kier molecular flexibility index (Phi) is 6.02. The van der Waals surface area contributed by atoms with E-state index in [0.29, 0.717) is 12.1 Å². The van der Waals surface area contributed by atoms with Gasteiger partial charge in [-0.15, -0.1) is 0 Å². The maximum absolute atomic E-state index is 5.43. The van der Waals surface area contributed by atoms with Crippen LogP contribution in [-0.2, 0) is 12.8 Å². The summed E-state index contributed by atoms with van der Waals surface area (Å²) in [5.74, 6) is 1.82.